The number of hydrogen-bond acceptors (Lipinski definition) is 6. The molecule has 2 aliphatic heterocycles. The quantitative estimate of drug-likeness (QED) is 0.476. The number of imide groups is 1. The van der Waals surface area contributed by atoms with Crippen molar-refractivity contribution in [1.29, 1.82) is 5.26 Å². The topological polar surface area (TPSA) is 99.9 Å². The van der Waals surface area contributed by atoms with Crippen molar-refractivity contribution in [2.24, 2.45) is 0 Å². The van der Waals surface area contributed by atoms with Gasteiger partial charge in [-0.1, -0.05) is 29.8 Å². The number of ether oxygens (including phenoxy) is 2. The third-order valence-electron chi connectivity index (χ3n) is 6.13. The van der Waals surface area contributed by atoms with Crippen molar-refractivity contribution in [3.63, 3.8) is 0 Å². The van der Waals surface area contributed by atoms with Crippen LogP contribution >= 0.6 is 11.6 Å². The van der Waals surface area contributed by atoms with Crippen molar-refractivity contribution in [3.05, 3.63) is 88.4 Å². The summed E-state index contributed by atoms with van der Waals surface area (Å²) in [5, 5.41) is 9.60. The molecule has 3 aromatic rings. The van der Waals surface area contributed by atoms with Crippen LogP contribution in [0.25, 0.3) is 0 Å². The molecule has 1 fully saturated rings. The molecule has 0 aromatic heterocycles. The Morgan fingerprint density at radius 3 is 2.42 bits per heavy atom. The number of hydrogen-bond donors (Lipinski definition) is 0. The van der Waals surface area contributed by atoms with E-state index in [1.165, 1.54) is 4.90 Å². The molecule has 3 amide bonds. The molecule has 0 aliphatic carbocycles. The van der Waals surface area contributed by atoms with E-state index >= 15 is 0 Å². The first kappa shape index (κ1) is 23.4. The fraction of sp³-hybridized carbons (Fsp3) is 0.185. The second kappa shape index (κ2) is 9.72. The van der Waals surface area contributed by atoms with E-state index in [9.17, 15) is 14.4 Å². The van der Waals surface area contributed by atoms with Gasteiger partial charge in [-0.15, -0.1) is 0 Å². The Bertz CT molecular complexity index is 1380. The van der Waals surface area contributed by atoms with Crippen molar-refractivity contribution in [3.8, 4) is 17.6 Å². The molecule has 0 radical (unpaired) electrons. The van der Waals surface area contributed by atoms with E-state index in [1.807, 2.05) is 6.07 Å². The lowest BCUT2D eigenvalue weighted by Gasteiger charge is -2.28. The molecule has 5 rings (SSSR count). The van der Waals surface area contributed by atoms with Gasteiger partial charge in [-0.25, -0.2) is 4.90 Å². The van der Waals surface area contributed by atoms with E-state index in [2.05, 4.69) is 0 Å². The van der Waals surface area contributed by atoms with Crippen molar-refractivity contribution >= 4 is 35.0 Å². The first-order valence-electron chi connectivity index (χ1n) is 11.2. The van der Waals surface area contributed by atoms with Gasteiger partial charge in [-0.2, -0.15) is 5.26 Å². The monoisotopic (exact) mass is 501 g/mol. The summed E-state index contributed by atoms with van der Waals surface area (Å²) in [7, 11) is 0. The number of benzene rings is 3. The lowest BCUT2D eigenvalue weighted by molar-refractivity contribution is -0.138. The zero-order valence-electron chi connectivity index (χ0n) is 19.0. The Balaban J connectivity index is 1.44. The zero-order chi connectivity index (χ0) is 25.2. The van der Waals surface area contributed by atoms with Gasteiger partial charge in [0.05, 0.1) is 30.2 Å². The smallest absolute Gasteiger partial charge is 0.257 e. The van der Waals surface area contributed by atoms with Crippen LogP contribution in [0.15, 0.2) is 66.7 Å². The van der Waals surface area contributed by atoms with Crippen molar-refractivity contribution < 1.29 is 23.9 Å². The first-order chi connectivity index (χ1) is 17.4. The van der Waals surface area contributed by atoms with E-state index in [-0.39, 0.29) is 32.1 Å². The summed E-state index contributed by atoms with van der Waals surface area (Å²) in [6.45, 7) is 0.223. The lowest BCUT2D eigenvalue weighted by atomic mass is 10.1. The molecule has 1 atom stereocenters. The number of nitriles is 1. The number of fused-ring (bicyclic) bond motifs is 1. The standard InChI is InChI=1S/C27H20ClN3O5/c28-20-6-1-17(2-7-20)12-25(32)30(15-19-5-10-23-24(11-19)36-16-35-23)22-13-26(33)31(27(22)34)21-8-3-18(14-29)4-9-21/h1-11,22H,12-13,15-16H2. The number of anilines is 1. The Kier molecular flexibility index (Phi) is 6.32. The van der Waals surface area contributed by atoms with E-state index in [4.69, 9.17) is 26.3 Å². The molecule has 2 aliphatic rings. The Morgan fingerprint density at radius 2 is 1.69 bits per heavy atom. The van der Waals surface area contributed by atoms with Gasteiger partial charge in [0.1, 0.15) is 6.04 Å². The van der Waals surface area contributed by atoms with E-state index in [0.717, 1.165) is 16.0 Å². The molecule has 2 heterocycles. The van der Waals surface area contributed by atoms with E-state index < -0.39 is 17.9 Å². The molecule has 0 bridgehead atoms. The molecule has 0 saturated carbocycles. The SMILES string of the molecule is N#Cc1ccc(N2C(=O)CC(N(Cc3ccc4c(c3)OCO4)C(=O)Cc3ccc(Cl)cc3)C2=O)cc1. The van der Waals surface area contributed by atoms with Crippen LogP contribution in [0, 0.1) is 11.3 Å². The average Bonchev–Trinajstić information content (AvgIpc) is 3.47. The molecular weight excluding hydrogens is 482 g/mol. The van der Waals surface area contributed by atoms with Gasteiger partial charge in [-0.05, 0) is 59.7 Å². The molecule has 8 nitrogen and oxygen atoms in total. The van der Waals surface area contributed by atoms with Crippen LogP contribution in [0.4, 0.5) is 5.69 Å². The molecule has 1 saturated heterocycles. The van der Waals surface area contributed by atoms with Gasteiger partial charge in [0.2, 0.25) is 18.6 Å². The number of carbonyl (C=O) groups excluding carboxylic acids is 3. The summed E-state index contributed by atoms with van der Waals surface area (Å²) in [5.41, 5.74) is 2.25. The highest BCUT2D eigenvalue weighted by Crippen LogP contribution is 2.34. The van der Waals surface area contributed by atoms with Crippen molar-refractivity contribution in [2.75, 3.05) is 11.7 Å². The Morgan fingerprint density at radius 1 is 1.00 bits per heavy atom. The molecule has 0 N–H and O–H groups in total. The normalized spacial score (nSPS) is 16.2. The first-order valence-corrected chi connectivity index (χ1v) is 11.6. The second-order valence-corrected chi connectivity index (χ2v) is 8.89. The number of rotatable bonds is 6. The van der Waals surface area contributed by atoms with Gasteiger partial charge >= 0.3 is 0 Å². The van der Waals surface area contributed by atoms with Gasteiger partial charge in [0.15, 0.2) is 11.5 Å². The highest BCUT2D eigenvalue weighted by molar-refractivity contribution is 6.30. The third-order valence-corrected chi connectivity index (χ3v) is 6.38. The molecule has 0 spiro atoms. The predicted octanol–water partition coefficient (Wildman–Crippen LogP) is 3.84. The maximum atomic E-state index is 13.5. The highest BCUT2D eigenvalue weighted by atomic mass is 35.5. The molecule has 180 valence electrons. The number of nitrogens with zero attached hydrogens (tertiary/aromatic N) is 3. The summed E-state index contributed by atoms with van der Waals surface area (Å²) in [6, 6.07) is 19.4. The third kappa shape index (κ3) is 4.61. The fourth-order valence-electron chi connectivity index (χ4n) is 4.30. The highest BCUT2D eigenvalue weighted by Gasteiger charge is 2.44. The molecule has 3 aromatic carbocycles. The Labute approximate surface area is 212 Å². The van der Waals surface area contributed by atoms with Gasteiger partial charge in [-0.3, -0.25) is 14.4 Å². The van der Waals surface area contributed by atoms with Gasteiger partial charge < -0.3 is 14.4 Å². The number of halogens is 1. The molecule has 9 heteroatoms. The predicted molar refractivity (Wildman–Crippen MR) is 130 cm³/mol. The minimum atomic E-state index is -0.974. The maximum Gasteiger partial charge on any atom is 0.257 e. The summed E-state index contributed by atoms with van der Waals surface area (Å²) in [5.74, 6) is -0.0371. The molecular formula is C27H20ClN3O5. The minimum Gasteiger partial charge on any atom is -0.454 e. The van der Waals surface area contributed by atoms with Crippen LogP contribution in [0.2, 0.25) is 5.02 Å². The fourth-order valence-corrected chi connectivity index (χ4v) is 4.43. The van der Waals surface area contributed by atoms with Crippen molar-refractivity contribution in [2.45, 2.75) is 25.4 Å². The largest absolute Gasteiger partial charge is 0.454 e. The Hall–Kier alpha value is -4.35. The maximum absolute atomic E-state index is 13.5. The molecule has 36 heavy (non-hydrogen) atoms. The number of amides is 3. The van der Waals surface area contributed by atoms with Crippen LogP contribution in [-0.2, 0) is 27.3 Å². The number of carbonyl (C=O) groups is 3. The zero-order valence-corrected chi connectivity index (χ0v) is 19.8. The van der Waals surface area contributed by atoms with Crippen LogP contribution < -0.4 is 14.4 Å². The second-order valence-electron chi connectivity index (χ2n) is 8.46. The summed E-state index contributed by atoms with van der Waals surface area (Å²) < 4.78 is 10.8. The van der Waals surface area contributed by atoms with Crippen LogP contribution in [0.5, 0.6) is 11.5 Å². The average molecular weight is 502 g/mol. The van der Waals surface area contributed by atoms with E-state index in [1.54, 1.807) is 66.7 Å². The van der Waals surface area contributed by atoms with Crippen LogP contribution in [0.3, 0.4) is 0 Å². The summed E-state index contributed by atoms with van der Waals surface area (Å²) >= 11 is 5.97. The van der Waals surface area contributed by atoms with Gasteiger partial charge in [0, 0.05) is 11.6 Å². The minimum absolute atomic E-state index is 0.0383. The van der Waals surface area contributed by atoms with Crippen LogP contribution in [-0.4, -0.2) is 35.5 Å². The lowest BCUT2D eigenvalue weighted by Crippen LogP contribution is -2.45. The van der Waals surface area contributed by atoms with E-state index in [0.29, 0.717) is 27.8 Å². The summed E-state index contributed by atoms with van der Waals surface area (Å²) in [6.07, 6.45) is -0.105. The van der Waals surface area contributed by atoms with Gasteiger partial charge in [0.25, 0.3) is 5.91 Å². The van der Waals surface area contributed by atoms with Crippen molar-refractivity contribution in [1.82, 2.24) is 4.90 Å². The molecule has 1 unspecified atom stereocenters. The van der Waals surface area contributed by atoms with Crippen LogP contribution in [0.1, 0.15) is 23.1 Å². The summed E-state index contributed by atoms with van der Waals surface area (Å²) in [4.78, 5) is 42.4.